The Kier molecular flexibility index (Phi) is 3.68. The summed E-state index contributed by atoms with van der Waals surface area (Å²) >= 11 is 0. The highest BCUT2D eigenvalue weighted by Gasteiger charge is 2.21. The Morgan fingerprint density at radius 1 is 1.33 bits per heavy atom. The number of pyridine rings is 1. The number of nitrogens with zero attached hydrogens (tertiary/aromatic N) is 4. The molecule has 1 aliphatic rings. The summed E-state index contributed by atoms with van der Waals surface area (Å²) in [5.41, 5.74) is 6.43. The van der Waals surface area contributed by atoms with E-state index in [0.29, 0.717) is 0 Å². The molecule has 0 amide bonds. The lowest BCUT2D eigenvalue weighted by atomic mass is 10.00. The van der Waals surface area contributed by atoms with E-state index >= 15 is 0 Å². The molecular weight excluding hydrogens is 262 g/mol. The molecule has 1 aliphatic heterocycles. The molecule has 0 unspecified atom stereocenters. The number of hydrogen-bond donors (Lipinski definition) is 1. The molecule has 5 nitrogen and oxygen atoms in total. The first kappa shape index (κ1) is 14.1. The van der Waals surface area contributed by atoms with Gasteiger partial charge in [-0.2, -0.15) is 5.10 Å². The second-order valence-electron chi connectivity index (χ2n) is 6.04. The smallest absolute Gasteiger partial charge is 0.131 e. The van der Waals surface area contributed by atoms with Crippen LogP contribution in [0.15, 0.2) is 12.3 Å². The lowest BCUT2D eigenvalue weighted by Crippen LogP contribution is -2.31. The van der Waals surface area contributed by atoms with E-state index in [-0.39, 0.29) is 0 Å². The molecule has 3 rings (SSSR count). The quantitative estimate of drug-likeness (QED) is 0.937. The zero-order valence-electron chi connectivity index (χ0n) is 13.3. The Morgan fingerprint density at radius 2 is 2.14 bits per heavy atom. The minimum absolute atomic E-state index is 0.966. The Hall–Kier alpha value is -1.88. The Labute approximate surface area is 126 Å². The van der Waals surface area contributed by atoms with E-state index in [1.165, 1.54) is 22.4 Å². The van der Waals surface area contributed by atoms with Crippen LogP contribution in [0.4, 0.5) is 5.82 Å². The number of aryl methyl sites for hydroxylation is 2. The Morgan fingerprint density at radius 3 is 2.81 bits per heavy atom. The topological polar surface area (TPSA) is 48.1 Å². The van der Waals surface area contributed by atoms with Crippen LogP contribution in [0.25, 0.3) is 0 Å². The van der Waals surface area contributed by atoms with E-state index in [9.17, 15) is 0 Å². The Bertz CT molecular complexity index is 625. The summed E-state index contributed by atoms with van der Waals surface area (Å²) in [6.45, 7) is 7.20. The minimum atomic E-state index is 0.966. The molecule has 2 aromatic heterocycles. The van der Waals surface area contributed by atoms with Crippen LogP contribution in [-0.2, 0) is 19.5 Å². The highest BCUT2D eigenvalue weighted by Crippen LogP contribution is 2.27. The van der Waals surface area contributed by atoms with Gasteiger partial charge in [0.15, 0.2) is 0 Å². The van der Waals surface area contributed by atoms with Gasteiger partial charge in [-0.3, -0.25) is 10.00 Å². The molecule has 21 heavy (non-hydrogen) atoms. The van der Waals surface area contributed by atoms with E-state index in [1.54, 1.807) is 0 Å². The van der Waals surface area contributed by atoms with Crippen molar-refractivity contribution in [1.29, 1.82) is 0 Å². The van der Waals surface area contributed by atoms with Crippen molar-refractivity contribution in [2.75, 3.05) is 25.5 Å². The van der Waals surface area contributed by atoms with Crippen molar-refractivity contribution < 1.29 is 0 Å². The molecule has 0 spiro atoms. The van der Waals surface area contributed by atoms with Crippen molar-refractivity contribution in [3.05, 3.63) is 40.3 Å². The highest BCUT2D eigenvalue weighted by atomic mass is 15.2. The van der Waals surface area contributed by atoms with Gasteiger partial charge in [-0.15, -0.1) is 0 Å². The second kappa shape index (κ2) is 5.48. The molecule has 0 fully saturated rings. The van der Waals surface area contributed by atoms with Crippen LogP contribution in [0.3, 0.4) is 0 Å². The summed E-state index contributed by atoms with van der Waals surface area (Å²) in [6, 6.07) is 2.16. The van der Waals surface area contributed by atoms with Crippen LogP contribution in [0, 0.1) is 13.8 Å². The van der Waals surface area contributed by atoms with Crippen molar-refractivity contribution in [3.63, 3.8) is 0 Å². The van der Waals surface area contributed by atoms with Gasteiger partial charge in [0.25, 0.3) is 0 Å². The Balaban J connectivity index is 1.81. The molecule has 0 atom stereocenters. The van der Waals surface area contributed by atoms with Crippen molar-refractivity contribution in [2.24, 2.45) is 0 Å². The molecule has 2 aromatic rings. The van der Waals surface area contributed by atoms with Gasteiger partial charge in [-0.25, -0.2) is 4.98 Å². The standard InChI is InChI=1S/C16H23N5/c1-11-15(12(2)19-18-11)10-21-8-6-14-13(9-21)5-7-17-16(14)20(3)4/h5,7H,6,8-10H2,1-4H3,(H,18,19). The van der Waals surface area contributed by atoms with Crippen molar-refractivity contribution in [3.8, 4) is 0 Å². The number of nitrogens with one attached hydrogen (secondary N) is 1. The van der Waals surface area contributed by atoms with E-state index in [4.69, 9.17) is 0 Å². The van der Waals surface area contributed by atoms with E-state index in [2.05, 4.69) is 59.0 Å². The average Bonchev–Trinajstić information content (AvgIpc) is 2.78. The largest absolute Gasteiger partial charge is 0.363 e. The summed E-state index contributed by atoms with van der Waals surface area (Å²) in [4.78, 5) is 9.12. The number of aromatic amines is 1. The number of H-pyrrole nitrogens is 1. The molecule has 0 aromatic carbocycles. The molecule has 0 aliphatic carbocycles. The number of anilines is 1. The number of hydrogen-bond acceptors (Lipinski definition) is 4. The van der Waals surface area contributed by atoms with Crippen LogP contribution in [-0.4, -0.2) is 40.7 Å². The van der Waals surface area contributed by atoms with Crippen LogP contribution in [0.5, 0.6) is 0 Å². The number of rotatable bonds is 3. The maximum absolute atomic E-state index is 4.51. The monoisotopic (exact) mass is 285 g/mol. The SMILES string of the molecule is Cc1n[nH]c(C)c1CN1CCc2c(ccnc2N(C)C)C1. The van der Waals surface area contributed by atoms with Crippen LogP contribution < -0.4 is 4.90 Å². The molecule has 0 saturated heterocycles. The third-order valence-electron chi connectivity index (χ3n) is 4.29. The van der Waals surface area contributed by atoms with Gasteiger partial charge in [0.1, 0.15) is 5.82 Å². The average molecular weight is 285 g/mol. The predicted octanol–water partition coefficient (Wildman–Crippen LogP) is 2.05. The number of fused-ring (bicyclic) bond motifs is 1. The molecule has 0 bridgehead atoms. The third kappa shape index (κ3) is 2.65. The summed E-state index contributed by atoms with van der Waals surface area (Å²) in [6.07, 6.45) is 2.98. The minimum Gasteiger partial charge on any atom is -0.363 e. The lowest BCUT2D eigenvalue weighted by Gasteiger charge is -2.30. The molecular formula is C16H23N5. The van der Waals surface area contributed by atoms with Gasteiger partial charge in [-0.1, -0.05) is 0 Å². The normalized spacial score (nSPS) is 15.0. The van der Waals surface area contributed by atoms with Crippen molar-refractivity contribution in [2.45, 2.75) is 33.4 Å². The molecule has 5 heteroatoms. The zero-order valence-corrected chi connectivity index (χ0v) is 13.3. The first-order valence-corrected chi connectivity index (χ1v) is 7.43. The first-order chi connectivity index (χ1) is 10.1. The maximum Gasteiger partial charge on any atom is 0.131 e. The molecule has 112 valence electrons. The summed E-state index contributed by atoms with van der Waals surface area (Å²) < 4.78 is 0. The fourth-order valence-electron chi connectivity index (χ4n) is 3.08. The van der Waals surface area contributed by atoms with Crippen LogP contribution in [0.1, 0.15) is 28.1 Å². The molecule has 1 N–H and O–H groups in total. The molecule has 3 heterocycles. The van der Waals surface area contributed by atoms with E-state index in [1.807, 2.05) is 6.20 Å². The van der Waals surface area contributed by atoms with Crippen LogP contribution in [0.2, 0.25) is 0 Å². The molecule has 0 radical (unpaired) electrons. The second-order valence-corrected chi connectivity index (χ2v) is 6.04. The van der Waals surface area contributed by atoms with Gasteiger partial charge in [0.05, 0.1) is 5.69 Å². The summed E-state index contributed by atoms with van der Waals surface area (Å²) in [5, 5.41) is 7.37. The van der Waals surface area contributed by atoms with E-state index in [0.717, 1.165) is 37.6 Å². The first-order valence-electron chi connectivity index (χ1n) is 7.43. The highest BCUT2D eigenvalue weighted by molar-refractivity contribution is 5.50. The summed E-state index contributed by atoms with van der Waals surface area (Å²) in [5.74, 6) is 1.11. The van der Waals surface area contributed by atoms with Gasteiger partial charge in [0, 0.05) is 56.7 Å². The fraction of sp³-hybridized carbons (Fsp3) is 0.500. The molecule has 0 saturated carbocycles. The van der Waals surface area contributed by atoms with Gasteiger partial charge in [0.2, 0.25) is 0 Å². The van der Waals surface area contributed by atoms with Gasteiger partial charge in [-0.05, 0) is 31.9 Å². The van der Waals surface area contributed by atoms with Crippen LogP contribution >= 0.6 is 0 Å². The van der Waals surface area contributed by atoms with Crippen molar-refractivity contribution in [1.82, 2.24) is 20.1 Å². The third-order valence-corrected chi connectivity index (χ3v) is 4.29. The van der Waals surface area contributed by atoms with Crippen molar-refractivity contribution >= 4 is 5.82 Å². The predicted molar refractivity (Wildman–Crippen MR) is 84.4 cm³/mol. The summed E-state index contributed by atoms with van der Waals surface area (Å²) in [7, 11) is 4.13. The van der Waals surface area contributed by atoms with Gasteiger partial charge >= 0.3 is 0 Å². The van der Waals surface area contributed by atoms with E-state index < -0.39 is 0 Å². The number of aromatic nitrogens is 3. The zero-order chi connectivity index (χ0) is 15.0. The lowest BCUT2D eigenvalue weighted by molar-refractivity contribution is 0.244. The fourth-order valence-corrected chi connectivity index (χ4v) is 3.08. The van der Waals surface area contributed by atoms with Gasteiger partial charge < -0.3 is 4.90 Å². The maximum atomic E-state index is 4.51.